The van der Waals surface area contributed by atoms with Gasteiger partial charge in [-0.2, -0.15) is 4.72 Å². The monoisotopic (exact) mass is 317 g/mol. The summed E-state index contributed by atoms with van der Waals surface area (Å²) < 4.78 is 31.5. The highest BCUT2D eigenvalue weighted by Gasteiger charge is 2.24. The van der Waals surface area contributed by atoms with E-state index in [9.17, 15) is 13.2 Å². The number of nitrogens with one attached hydrogen (secondary N) is 1. The van der Waals surface area contributed by atoms with E-state index < -0.39 is 28.6 Å². The van der Waals surface area contributed by atoms with Crippen molar-refractivity contribution < 1.29 is 28.2 Å². The summed E-state index contributed by atoms with van der Waals surface area (Å²) >= 11 is 0. The molecule has 118 valence electrons. The Labute approximate surface area is 123 Å². The van der Waals surface area contributed by atoms with Crippen LogP contribution in [0.15, 0.2) is 29.2 Å². The number of aliphatic carboxylic acids is 1. The summed E-state index contributed by atoms with van der Waals surface area (Å²) in [6.45, 7) is 2.06. The quantitative estimate of drug-likeness (QED) is 0.614. The lowest BCUT2D eigenvalue weighted by atomic mass is 10.2. The Hall–Kier alpha value is -1.64. The van der Waals surface area contributed by atoms with E-state index in [1.807, 2.05) is 11.6 Å². The van der Waals surface area contributed by atoms with Gasteiger partial charge in [-0.05, 0) is 37.1 Å². The molecule has 0 unspecified atom stereocenters. The number of carboxylic acids is 1. The molecule has 0 aliphatic rings. The Morgan fingerprint density at radius 1 is 1.33 bits per heavy atom. The van der Waals surface area contributed by atoms with Crippen molar-refractivity contribution in [3.05, 3.63) is 24.3 Å². The number of ether oxygens (including phenoxy) is 1. The predicted molar refractivity (Wildman–Crippen MR) is 75.7 cm³/mol. The van der Waals surface area contributed by atoms with Crippen molar-refractivity contribution in [3.8, 4) is 5.75 Å². The first-order chi connectivity index (χ1) is 9.90. The van der Waals surface area contributed by atoms with Crippen molar-refractivity contribution in [2.45, 2.75) is 30.7 Å². The van der Waals surface area contributed by atoms with Crippen LogP contribution >= 0.6 is 0 Å². The molecule has 1 atom stereocenters. The number of hydrogen-bond acceptors (Lipinski definition) is 5. The molecule has 0 spiro atoms. The number of rotatable bonds is 9. The molecule has 0 fully saturated rings. The highest BCUT2D eigenvalue weighted by atomic mass is 32.2. The minimum Gasteiger partial charge on any atom is -0.494 e. The Morgan fingerprint density at radius 2 is 1.95 bits per heavy atom. The maximum Gasteiger partial charge on any atom is 0.321 e. The summed E-state index contributed by atoms with van der Waals surface area (Å²) in [4.78, 5) is 10.9. The number of benzene rings is 1. The third-order valence-electron chi connectivity index (χ3n) is 2.62. The third kappa shape index (κ3) is 5.33. The molecule has 21 heavy (non-hydrogen) atoms. The first kappa shape index (κ1) is 17.4. The maximum absolute atomic E-state index is 12.1. The first-order valence-electron chi connectivity index (χ1n) is 6.49. The molecule has 0 saturated carbocycles. The van der Waals surface area contributed by atoms with E-state index in [1.54, 1.807) is 0 Å². The molecule has 0 bridgehead atoms. The van der Waals surface area contributed by atoms with Gasteiger partial charge < -0.3 is 14.9 Å². The van der Waals surface area contributed by atoms with E-state index in [0.717, 1.165) is 6.42 Å². The van der Waals surface area contributed by atoms with E-state index in [0.29, 0.717) is 12.4 Å². The van der Waals surface area contributed by atoms with Crippen molar-refractivity contribution in [3.63, 3.8) is 0 Å². The van der Waals surface area contributed by atoms with Crippen molar-refractivity contribution in [2.75, 3.05) is 13.2 Å². The fourth-order valence-electron chi connectivity index (χ4n) is 1.55. The second kappa shape index (κ2) is 7.96. The topological polar surface area (TPSA) is 113 Å². The number of carbonyl (C=O) groups is 1. The van der Waals surface area contributed by atoms with Crippen LogP contribution in [0.1, 0.15) is 19.8 Å². The minimum atomic E-state index is -3.96. The van der Waals surface area contributed by atoms with E-state index in [4.69, 9.17) is 14.9 Å². The normalized spacial score (nSPS) is 12.9. The molecule has 1 aromatic carbocycles. The van der Waals surface area contributed by atoms with Crippen molar-refractivity contribution >= 4 is 16.0 Å². The molecule has 1 aromatic rings. The Kier molecular flexibility index (Phi) is 6.60. The van der Waals surface area contributed by atoms with Crippen LogP contribution < -0.4 is 9.46 Å². The van der Waals surface area contributed by atoms with Gasteiger partial charge in [0.1, 0.15) is 11.8 Å². The Balaban J connectivity index is 2.84. The summed E-state index contributed by atoms with van der Waals surface area (Å²) in [5.41, 5.74) is 0. The fraction of sp³-hybridized carbons (Fsp3) is 0.462. The molecule has 0 aliphatic heterocycles. The minimum absolute atomic E-state index is 0.0597. The lowest BCUT2D eigenvalue weighted by Gasteiger charge is -2.14. The number of aliphatic hydroxyl groups excluding tert-OH is 1. The van der Waals surface area contributed by atoms with Gasteiger partial charge in [0.15, 0.2) is 0 Å². The van der Waals surface area contributed by atoms with Crippen LogP contribution in [0.3, 0.4) is 0 Å². The van der Waals surface area contributed by atoms with Gasteiger partial charge in [-0.3, -0.25) is 4.79 Å². The van der Waals surface area contributed by atoms with Crippen LogP contribution in [0.2, 0.25) is 0 Å². The van der Waals surface area contributed by atoms with Crippen molar-refractivity contribution in [2.24, 2.45) is 0 Å². The second-order valence-corrected chi connectivity index (χ2v) is 6.06. The Morgan fingerprint density at radius 3 is 2.43 bits per heavy atom. The van der Waals surface area contributed by atoms with Crippen LogP contribution in [0.5, 0.6) is 5.75 Å². The van der Waals surface area contributed by atoms with Gasteiger partial charge in [0, 0.05) is 6.61 Å². The summed E-state index contributed by atoms with van der Waals surface area (Å²) in [7, 11) is -3.96. The molecule has 3 N–H and O–H groups in total. The third-order valence-corrected chi connectivity index (χ3v) is 4.11. The summed E-state index contributed by atoms with van der Waals surface area (Å²) in [6.07, 6.45) is 0.634. The zero-order valence-corrected chi connectivity index (χ0v) is 12.5. The van der Waals surface area contributed by atoms with Gasteiger partial charge in [0.25, 0.3) is 0 Å². The summed E-state index contributed by atoms with van der Waals surface area (Å²) in [5, 5.41) is 17.7. The number of sulfonamides is 1. The zero-order chi connectivity index (χ0) is 15.9. The molecule has 0 saturated heterocycles. The number of hydrogen-bond donors (Lipinski definition) is 3. The van der Waals surface area contributed by atoms with Gasteiger partial charge in [-0.15, -0.1) is 0 Å². The van der Waals surface area contributed by atoms with Gasteiger partial charge >= 0.3 is 5.97 Å². The van der Waals surface area contributed by atoms with Crippen LogP contribution in [0.4, 0.5) is 0 Å². The average molecular weight is 317 g/mol. The number of aliphatic hydroxyl groups is 1. The largest absolute Gasteiger partial charge is 0.494 e. The van der Waals surface area contributed by atoms with E-state index in [1.165, 1.54) is 24.3 Å². The van der Waals surface area contributed by atoms with Gasteiger partial charge in [-0.1, -0.05) is 6.92 Å². The lowest BCUT2D eigenvalue weighted by molar-refractivity contribution is -0.139. The van der Waals surface area contributed by atoms with Crippen molar-refractivity contribution in [1.82, 2.24) is 4.72 Å². The van der Waals surface area contributed by atoms with E-state index in [-0.39, 0.29) is 11.3 Å². The Bertz CT molecular complexity index is 555. The van der Waals surface area contributed by atoms with Gasteiger partial charge in [-0.25, -0.2) is 8.42 Å². The predicted octanol–water partition coefficient (Wildman–Crippen LogP) is 0.589. The molecule has 0 heterocycles. The summed E-state index contributed by atoms with van der Waals surface area (Å²) in [5.74, 6) is -0.795. The molecule has 0 aromatic heterocycles. The molecule has 0 radical (unpaired) electrons. The molecular weight excluding hydrogens is 298 g/mol. The van der Waals surface area contributed by atoms with E-state index >= 15 is 0 Å². The zero-order valence-electron chi connectivity index (χ0n) is 11.7. The molecule has 1 rings (SSSR count). The fourth-order valence-corrected chi connectivity index (χ4v) is 2.78. The highest BCUT2D eigenvalue weighted by Crippen LogP contribution is 2.16. The maximum atomic E-state index is 12.1. The van der Waals surface area contributed by atoms with Crippen LogP contribution in [0, 0.1) is 0 Å². The van der Waals surface area contributed by atoms with Gasteiger partial charge in [0.2, 0.25) is 10.0 Å². The molecule has 7 nitrogen and oxygen atoms in total. The molecule has 0 aliphatic carbocycles. The van der Waals surface area contributed by atoms with Crippen molar-refractivity contribution in [1.29, 1.82) is 0 Å². The van der Waals surface area contributed by atoms with Crippen LogP contribution in [-0.4, -0.2) is 43.9 Å². The van der Waals surface area contributed by atoms with E-state index in [2.05, 4.69) is 0 Å². The highest BCUT2D eigenvalue weighted by molar-refractivity contribution is 7.89. The molecular formula is C13H19NO6S. The molecule has 8 heteroatoms. The van der Waals surface area contributed by atoms with Crippen LogP contribution in [-0.2, 0) is 14.8 Å². The standard InChI is InChI=1S/C13H19NO6S/c1-2-9-20-10-3-5-11(6-4-10)21(18,19)14-12(7-8-15)13(16)17/h3-6,12,14-15H,2,7-9H2,1H3,(H,16,17)/t12-/m0/s1. The number of carboxylic acid groups (broad SMARTS) is 1. The SMILES string of the molecule is CCCOc1ccc(S(=O)(=O)N[C@@H](CCO)C(=O)O)cc1. The second-order valence-electron chi connectivity index (χ2n) is 4.34. The molecule has 0 amide bonds. The first-order valence-corrected chi connectivity index (χ1v) is 7.98. The lowest BCUT2D eigenvalue weighted by Crippen LogP contribution is -2.41. The van der Waals surface area contributed by atoms with Gasteiger partial charge in [0.05, 0.1) is 11.5 Å². The summed E-state index contributed by atoms with van der Waals surface area (Å²) in [6, 6.07) is 4.32. The van der Waals surface area contributed by atoms with Crippen LogP contribution in [0.25, 0.3) is 0 Å². The smallest absolute Gasteiger partial charge is 0.321 e. The average Bonchev–Trinajstić information content (AvgIpc) is 2.45.